The molecule has 6 aliphatic heterocycles. The van der Waals surface area contributed by atoms with Crippen LogP contribution >= 0.6 is 0 Å². The highest BCUT2D eigenvalue weighted by Crippen LogP contribution is 2.56. The number of aliphatic hydroxyl groups excluding tert-OH is 1. The van der Waals surface area contributed by atoms with Crippen LogP contribution in [-0.2, 0) is 42.7 Å². The van der Waals surface area contributed by atoms with Crippen LogP contribution in [0.15, 0.2) is 0 Å². The molecule has 0 aromatic rings. The number of rotatable bonds is 16. The average molecular weight is 941 g/mol. The zero-order valence-electron chi connectivity index (χ0n) is 42.2. The molecule has 6 fully saturated rings. The first-order chi connectivity index (χ1) is 30.7. The van der Waals surface area contributed by atoms with Gasteiger partial charge in [0.15, 0.2) is 17.7 Å². The van der Waals surface area contributed by atoms with Gasteiger partial charge in [-0.2, -0.15) is 0 Å². The second-order valence-corrected chi connectivity index (χ2v) is 23.0. The molecule has 6 rings (SSSR count). The van der Waals surface area contributed by atoms with Gasteiger partial charge in [0.05, 0.1) is 59.8 Å². The Hall–Kier alpha value is -1.50. The predicted molar refractivity (Wildman–Crippen MR) is 244 cm³/mol. The van der Waals surface area contributed by atoms with Crippen LogP contribution in [0, 0.1) is 41.4 Å². The highest BCUT2D eigenvalue weighted by Gasteiger charge is 2.68. The van der Waals surface area contributed by atoms with E-state index in [9.17, 15) is 40.2 Å². The molecule has 0 bridgehead atoms. The maximum Gasteiger partial charge on any atom is 0.308 e. The fourth-order valence-corrected chi connectivity index (χ4v) is 12.9. The van der Waals surface area contributed by atoms with Crippen LogP contribution in [0.25, 0.3) is 0 Å². The van der Waals surface area contributed by atoms with E-state index < -0.39 is 94.6 Å². The standard InChI is InChI=1S/C51H88O15/c1-13-15-42(53)62-44(38-20-23-48(12,63-38)51(59)32(7)26-47(11,66-51)41-21-22-46(10,56)40(14-2)61-41)50(58)31(6)24-29(4)39(65-50)27-49(57)30(5)17-19-37(64-49)33(8)36(52)25-35-18-16-28(3)43(60-35)34(9)45(54)55/h28-41,43-44,52,56-59H,13-27H2,1-12H3,(H,54,55)/t28-,29-,30-,31+,32+,33-,34+,35+,36+,37+,38-,39+,40-,41+,43-,44+,46+,47-,48-,49+,50+,51+/m0/s1. The van der Waals surface area contributed by atoms with Crippen molar-refractivity contribution in [2.24, 2.45) is 41.4 Å². The molecule has 0 unspecified atom stereocenters. The van der Waals surface area contributed by atoms with Crippen molar-refractivity contribution in [3.8, 4) is 0 Å². The van der Waals surface area contributed by atoms with Crippen molar-refractivity contribution in [3.63, 3.8) is 0 Å². The monoisotopic (exact) mass is 941 g/mol. The fourth-order valence-electron chi connectivity index (χ4n) is 12.9. The third-order valence-corrected chi connectivity index (χ3v) is 17.6. The van der Waals surface area contributed by atoms with Crippen molar-refractivity contribution in [1.29, 1.82) is 0 Å². The first kappa shape index (κ1) is 53.8. The number of hydrogen-bond acceptors (Lipinski definition) is 14. The SMILES string of the molecule is CCCC(=O)O[C@H]([C@@H]1CC[C@@](C)([C@]2(O)O[C@](C)([C@H]3CC[C@@](C)(O)[C@H](CC)O3)C[C@H]2C)O1)[C@]1(O)O[C@H](C[C@@]2(O)O[C@@H]([C@@H](C)[C@H](O)C[C@H]3CC[C@H](C)[C@@H]([C@@H](C)C(=O)O)O3)CC[C@@H]2C)[C@@H](C)C[C@H]1C. The maximum atomic E-state index is 13.5. The van der Waals surface area contributed by atoms with Crippen molar-refractivity contribution in [2.75, 3.05) is 0 Å². The van der Waals surface area contributed by atoms with Crippen LogP contribution in [0.2, 0.25) is 0 Å². The third-order valence-electron chi connectivity index (χ3n) is 17.6. The molecule has 66 heavy (non-hydrogen) atoms. The van der Waals surface area contributed by atoms with E-state index in [1.54, 1.807) is 13.8 Å². The molecule has 0 aromatic carbocycles. The van der Waals surface area contributed by atoms with Gasteiger partial charge in [-0.05, 0) is 123 Å². The van der Waals surface area contributed by atoms with Gasteiger partial charge >= 0.3 is 11.9 Å². The molecule has 15 heteroatoms. The van der Waals surface area contributed by atoms with Crippen molar-refractivity contribution in [1.82, 2.24) is 0 Å². The highest BCUT2D eigenvalue weighted by molar-refractivity contribution is 5.70. The van der Waals surface area contributed by atoms with Gasteiger partial charge in [-0.3, -0.25) is 9.59 Å². The smallest absolute Gasteiger partial charge is 0.308 e. The summed E-state index contributed by atoms with van der Waals surface area (Å²) >= 11 is 0. The molecule has 6 aliphatic rings. The number of ether oxygens (including phenoxy) is 7. The number of carbonyl (C=O) groups excluding carboxylic acids is 1. The second-order valence-electron chi connectivity index (χ2n) is 23.0. The lowest BCUT2D eigenvalue weighted by Gasteiger charge is -2.52. The van der Waals surface area contributed by atoms with E-state index in [0.717, 1.165) is 6.42 Å². The van der Waals surface area contributed by atoms with E-state index >= 15 is 0 Å². The fraction of sp³-hybridized carbons (Fsp3) is 0.961. The molecule has 0 spiro atoms. The summed E-state index contributed by atoms with van der Waals surface area (Å²) in [5.41, 5.74) is -3.10. The predicted octanol–water partition coefficient (Wildman–Crippen LogP) is 6.78. The minimum Gasteiger partial charge on any atom is -0.481 e. The quantitative estimate of drug-likeness (QED) is 0.0879. The summed E-state index contributed by atoms with van der Waals surface area (Å²) < 4.78 is 46.0. The van der Waals surface area contributed by atoms with Gasteiger partial charge in [-0.25, -0.2) is 0 Å². The van der Waals surface area contributed by atoms with Crippen LogP contribution in [0.4, 0.5) is 0 Å². The Kier molecular flexibility index (Phi) is 16.6. The lowest BCUT2D eigenvalue weighted by atomic mass is 9.76. The van der Waals surface area contributed by atoms with Crippen LogP contribution in [0.1, 0.15) is 179 Å². The molecule has 0 aliphatic carbocycles. The van der Waals surface area contributed by atoms with E-state index in [2.05, 4.69) is 0 Å². The molecule has 15 nitrogen and oxygen atoms in total. The van der Waals surface area contributed by atoms with Crippen LogP contribution < -0.4 is 0 Å². The second kappa shape index (κ2) is 20.3. The van der Waals surface area contributed by atoms with Gasteiger partial charge in [0, 0.05) is 36.5 Å². The van der Waals surface area contributed by atoms with Gasteiger partial charge < -0.3 is 63.8 Å². The van der Waals surface area contributed by atoms with Gasteiger partial charge in [0.2, 0.25) is 5.79 Å². The molecule has 0 amide bonds. The number of esters is 1. The summed E-state index contributed by atoms with van der Waals surface area (Å²) in [4.78, 5) is 25.2. The van der Waals surface area contributed by atoms with Gasteiger partial charge in [0.25, 0.3) is 0 Å². The number of carboxylic acid groups (broad SMARTS) is 1. The van der Waals surface area contributed by atoms with Crippen molar-refractivity contribution in [3.05, 3.63) is 0 Å². The first-order valence-corrected chi connectivity index (χ1v) is 25.7. The van der Waals surface area contributed by atoms with Gasteiger partial charge in [-0.1, -0.05) is 55.4 Å². The normalized spacial score (nSPS) is 48.6. The maximum absolute atomic E-state index is 13.5. The molecule has 6 heterocycles. The molecule has 382 valence electrons. The highest BCUT2D eigenvalue weighted by atomic mass is 16.7. The van der Waals surface area contributed by atoms with Crippen LogP contribution in [0.5, 0.6) is 0 Å². The molecule has 6 N–H and O–H groups in total. The number of hydrogen-bond donors (Lipinski definition) is 6. The number of carbonyl (C=O) groups is 2. The van der Waals surface area contributed by atoms with Crippen molar-refractivity contribution < 1.29 is 73.4 Å². The lowest BCUT2D eigenvalue weighted by molar-refractivity contribution is -0.374. The number of carboxylic acids is 1. The Balaban J connectivity index is 1.17. The minimum absolute atomic E-state index is 0.0160. The average Bonchev–Trinajstić information content (AvgIpc) is 3.77. The number of aliphatic hydroxyl groups is 5. The topological polar surface area (TPSA) is 220 Å². The lowest BCUT2D eigenvalue weighted by Crippen LogP contribution is -2.64. The van der Waals surface area contributed by atoms with E-state index in [1.165, 1.54) is 0 Å². The molecule has 0 saturated carbocycles. The summed E-state index contributed by atoms with van der Waals surface area (Å²) in [5.74, 6) is -9.19. The van der Waals surface area contributed by atoms with E-state index in [4.69, 9.17) is 33.2 Å². The Labute approximate surface area is 394 Å². The van der Waals surface area contributed by atoms with E-state index in [-0.39, 0.29) is 60.7 Å². The summed E-state index contributed by atoms with van der Waals surface area (Å²) in [6, 6.07) is 0. The minimum atomic E-state index is -2.04. The van der Waals surface area contributed by atoms with Crippen LogP contribution in [0.3, 0.4) is 0 Å². The molecular weight excluding hydrogens is 853 g/mol. The largest absolute Gasteiger partial charge is 0.481 e. The Morgan fingerprint density at radius 1 is 0.788 bits per heavy atom. The third kappa shape index (κ3) is 10.6. The molecule has 6 saturated heterocycles. The summed E-state index contributed by atoms with van der Waals surface area (Å²) in [7, 11) is 0. The zero-order chi connectivity index (χ0) is 48.9. The zero-order valence-corrected chi connectivity index (χ0v) is 42.2. The number of aliphatic carboxylic acids is 1. The van der Waals surface area contributed by atoms with Crippen molar-refractivity contribution in [2.45, 2.75) is 268 Å². The van der Waals surface area contributed by atoms with E-state index in [1.807, 2.05) is 69.2 Å². The van der Waals surface area contributed by atoms with E-state index in [0.29, 0.717) is 77.0 Å². The molecule has 0 aromatic heterocycles. The Bertz CT molecular complexity index is 1660. The summed E-state index contributed by atoms with van der Waals surface area (Å²) in [6.07, 6.45) is 1.40. The Morgan fingerprint density at radius 2 is 1.48 bits per heavy atom. The van der Waals surface area contributed by atoms with Crippen molar-refractivity contribution >= 4 is 11.9 Å². The summed E-state index contributed by atoms with van der Waals surface area (Å²) in [5, 5.41) is 70.1. The molecule has 22 atom stereocenters. The van der Waals surface area contributed by atoms with Crippen LogP contribution in [-0.4, -0.2) is 132 Å². The molecule has 0 radical (unpaired) electrons. The summed E-state index contributed by atoms with van der Waals surface area (Å²) in [6.45, 7) is 22.7. The molecular formula is C51H88O15. The first-order valence-electron chi connectivity index (χ1n) is 25.7. The van der Waals surface area contributed by atoms with Gasteiger partial charge in [-0.15, -0.1) is 0 Å². The Morgan fingerprint density at radius 3 is 2.14 bits per heavy atom. The van der Waals surface area contributed by atoms with Gasteiger partial charge in [0.1, 0.15) is 11.7 Å².